The predicted octanol–water partition coefficient (Wildman–Crippen LogP) is 2.67. The predicted molar refractivity (Wildman–Crippen MR) is 67.8 cm³/mol. The molecule has 88 valence electrons. The van der Waals surface area contributed by atoms with Crippen molar-refractivity contribution in [2.75, 3.05) is 6.54 Å². The molecule has 0 heterocycles. The van der Waals surface area contributed by atoms with E-state index in [9.17, 15) is 4.79 Å². The summed E-state index contributed by atoms with van der Waals surface area (Å²) in [5, 5.41) is 2.78. The van der Waals surface area contributed by atoms with E-state index in [1.807, 2.05) is 6.92 Å². The van der Waals surface area contributed by atoms with Crippen molar-refractivity contribution >= 4 is 17.5 Å². The Hall–Kier alpha value is -1.02. The molecule has 0 aliphatic heterocycles. The summed E-state index contributed by atoms with van der Waals surface area (Å²) in [4.78, 5) is 11.4. The Kier molecular flexibility index (Phi) is 5.33. The van der Waals surface area contributed by atoms with Gasteiger partial charge in [0.25, 0.3) is 0 Å². The topological polar surface area (TPSA) is 29.1 Å². The second-order valence-corrected chi connectivity index (χ2v) is 4.82. The molecule has 0 fully saturated rings. The molecular weight excluding hydrogens is 222 g/mol. The van der Waals surface area contributed by atoms with Crippen LogP contribution < -0.4 is 5.32 Å². The third kappa shape index (κ3) is 5.17. The first-order chi connectivity index (χ1) is 7.58. The summed E-state index contributed by atoms with van der Waals surface area (Å²) in [6.45, 7) is 4.45. The van der Waals surface area contributed by atoms with Crippen molar-refractivity contribution in [1.29, 1.82) is 0 Å². The lowest BCUT2D eigenvalue weighted by Gasteiger charge is -2.06. The summed E-state index contributed by atoms with van der Waals surface area (Å²) in [7, 11) is 0. The van der Waals surface area contributed by atoms with Gasteiger partial charge in [0.15, 0.2) is 0 Å². The van der Waals surface area contributed by atoms with Gasteiger partial charge in [-0.25, -0.2) is 0 Å². The van der Waals surface area contributed by atoms with Crippen molar-refractivity contribution in [3.63, 3.8) is 0 Å². The highest BCUT2D eigenvalue weighted by Crippen LogP contribution is 2.05. The van der Waals surface area contributed by atoms with E-state index in [1.165, 1.54) is 11.1 Å². The number of nitrogens with one attached hydrogen (secondary N) is 1. The molecule has 0 bridgehead atoms. The van der Waals surface area contributed by atoms with Gasteiger partial charge in [0, 0.05) is 18.3 Å². The largest absolute Gasteiger partial charge is 0.355 e. The van der Waals surface area contributed by atoms with Gasteiger partial charge in [-0.3, -0.25) is 4.79 Å². The maximum Gasteiger partial charge on any atom is 0.220 e. The van der Waals surface area contributed by atoms with E-state index in [4.69, 9.17) is 11.6 Å². The second kappa shape index (κ2) is 6.54. The molecule has 2 nitrogen and oxygen atoms in total. The molecule has 0 saturated carbocycles. The molecule has 1 N–H and O–H groups in total. The number of halogens is 1. The molecule has 0 aliphatic carbocycles. The van der Waals surface area contributed by atoms with Crippen LogP contribution in [0.15, 0.2) is 24.3 Å². The molecule has 1 unspecified atom stereocenters. The summed E-state index contributed by atoms with van der Waals surface area (Å²) >= 11 is 5.74. The molecular formula is C13H18ClNO. The average molecular weight is 240 g/mol. The Morgan fingerprint density at radius 2 is 2.00 bits per heavy atom. The third-order valence-corrected chi connectivity index (χ3v) is 2.50. The standard InChI is InChI=1S/C13H18ClNO/c1-10-3-5-12(6-4-10)7-8-13(16)15-9-11(2)14/h3-6,11H,7-9H2,1-2H3,(H,15,16). The van der Waals surface area contributed by atoms with Gasteiger partial charge in [0.2, 0.25) is 5.91 Å². The highest BCUT2D eigenvalue weighted by Gasteiger charge is 2.03. The summed E-state index contributed by atoms with van der Waals surface area (Å²) < 4.78 is 0. The maximum atomic E-state index is 11.4. The van der Waals surface area contributed by atoms with Crippen LogP contribution in [0.4, 0.5) is 0 Å². The molecule has 1 amide bonds. The molecule has 0 saturated heterocycles. The van der Waals surface area contributed by atoms with E-state index < -0.39 is 0 Å². The van der Waals surface area contributed by atoms with Crippen molar-refractivity contribution in [3.05, 3.63) is 35.4 Å². The van der Waals surface area contributed by atoms with Crippen LogP contribution in [-0.4, -0.2) is 17.8 Å². The number of hydrogen-bond acceptors (Lipinski definition) is 1. The fraction of sp³-hybridized carbons (Fsp3) is 0.462. The number of aryl methyl sites for hydroxylation is 2. The number of benzene rings is 1. The molecule has 1 atom stereocenters. The van der Waals surface area contributed by atoms with Crippen LogP contribution in [0.3, 0.4) is 0 Å². The minimum atomic E-state index is -0.0108. The Balaban J connectivity index is 2.29. The Bertz CT molecular complexity index is 332. The summed E-state index contributed by atoms with van der Waals surface area (Å²) in [6, 6.07) is 8.25. The van der Waals surface area contributed by atoms with Crippen LogP contribution in [0.2, 0.25) is 0 Å². The third-order valence-electron chi connectivity index (χ3n) is 2.34. The zero-order valence-corrected chi connectivity index (χ0v) is 10.6. The number of carbonyl (C=O) groups excluding carboxylic acids is 1. The van der Waals surface area contributed by atoms with E-state index >= 15 is 0 Å². The van der Waals surface area contributed by atoms with E-state index in [0.29, 0.717) is 13.0 Å². The lowest BCUT2D eigenvalue weighted by atomic mass is 10.1. The number of hydrogen-bond donors (Lipinski definition) is 1. The molecule has 0 spiro atoms. The van der Waals surface area contributed by atoms with Crippen molar-refractivity contribution in [3.8, 4) is 0 Å². The smallest absolute Gasteiger partial charge is 0.220 e. The maximum absolute atomic E-state index is 11.4. The van der Waals surface area contributed by atoms with Gasteiger partial charge in [0.05, 0.1) is 0 Å². The van der Waals surface area contributed by atoms with Crippen LogP contribution in [-0.2, 0) is 11.2 Å². The fourth-order valence-electron chi connectivity index (χ4n) is 1.36. The molecule has 1 aromatic rings. The number of amides is 1. The monoisotopic (exact) mass is 239 g/mol. The van der Waals surface area contributed by atoms with Gasteiger partial charge < -0.3 is 5.32 Å². The first-order valence-corrected chi connectivity index (χ1v) is 5.98. The lowest BCUT2D eigenvalue weighted by molar-refractivity contribution is -0.121. The summed E-state index contributed by atoms with van der Waals surface area (Å²) in [5.41, 5.74) is 2.43. The van der Waals surface area contributed by atoms with E-state index in [1.54, 1.807) is 0 Å². The van der Waals surface area contributed by atoms with Gasteiger partial charge in [-0.1, -0.05) is 29.8 Å². The van der Waals surface area contributed by atoms with Crippen LogP contribution in [0.5, 0.6) is 0 Å². The van der Waals surface area contributed by atoms with Gasteiger partial charge in [-0.05, 0) is 25.8 Å². The first kappa shape index (κ1) is 13.0. The number of carbonyl (C=O) groups is 1. The number of alkyl halides is 1. The highest BCUT2D eigenvalue weighted by atomic mass is 35.5. The van der Waals surface area contributed by atoms with E-state index in [-0.39, 0.29) is 11.3 Å². The van der Waals surface area contributed by atoms with Crippen molar-refractivity contribution < 1.29 is 4.79 Å². The second-order valence-electron chi connectivity index (χ2n) is 4.07. The highest BCUT2D eigenvalue weighted by molar-refractivity contribution is 6.20. The first-order valence-electron chi connectivity index (χ1n) is 5.54. The number of rotatable bonds is 5. The van der Waals surface area contributed by atoms with Crippen molar-refractivity contribution in [2.45, 2.75) is 32.1 Å². The lowest BCUT2D eigenvalue weighted by Crippen LogP contribution is -2.28. The molecule has 0 aromatic heterocycles. The molecule has 16 heavy (non-hydrogen) atoms. The summed E-state index contributed by atoms with van der Waals surface area (Å²) in [5.74, 6) is 0.0630. The van der Waals surface area contributed by atoms with Gasteiger partial charge >= 0.3 is 0 Å². The van der Waals surface area contributed by atoms with Crippen LogP contribution in [0.1, 0.15) is 24.5 Å². The SMILES string of the molecule is Cc1ccc(CCC(=O)NCC(C)Cl)cc1. The van der Waals surface area contributed by atoms with Crippen LogP contribution >= 0.6 is 11.6 Å². The van der Waals surface area contributed by atoms with Gasteiger partial charge in [-0.2, -0.15) is 0 Å². The minimum absolute atomic E-state index is 0.0108. The van der Waals surface area contributed by atoms with E-state index in [0.717, 1.165) is 6.42 Å². The van der Waals surface area contributed by atoms with Crippen LogP contribution in [0, 0.1) is 6.92 Å². The average Bonchev–Trinajstić information content (AvgIpc) is 2.25. The Morgan fingerprint density at radius 3 is 2.56 bits per heavy atom. The van der Waals surface area contributed by atoms with E-state index in [2.05, 4.69) is 36.5 Å². The molecule has 1 aromatic carbocycles. The normalized spacial score (nSPS) is 12.2. The fourth-order valence-corrected chi connectivity index (χ4v) is 1.43. The zero-order chi connectivity index (χ0) is 12.0. The zero-order valence-electron chi connectivity index (χ0n) is 9.79. The minimum Gasteiger partial charge on any atom is -0.355 e. The molecule has 3 heteroatoms. The van der Waals surface area contributed by atoms with Gasteiger partial charge in [-0.15, -0.1) is 11.6 Å². The summed E-state index contributed by atoms with van der Waals surface area (Å²) in [6.07, 6.45) is 1.30. The van der Waals surface area contributed by atoms with Gasteiger partial charge in [0.1, 0.15) is 0 Å². The van der Waals surface area contributed by atoms with Crippen molar-refractivity contribution in [2.24, 2.45) is 0 Å². The quantitative estimate of drug-likeness (QED) is 0.787. The Labute approximate surface area is 102 Å². The molecule has 0 radical (unpaired) electrons. The molecule has 1 rings (SSSR count). The van der Waals surface area contributed by atoms with Crippen LogP contribution in [0.25, 0.3) is 0 Å². The molecule has 0 aliphatic rings. The van der Waals surface area contributed by atoms with Crippen molar-refractivity contribution in [1.82, 2.24) is 5.32 Å². The Morgan fingerprint density at radius 1 is 1.38 bits per heavy atom.